The van der Waals surface area contributed by atoms with E-state index in [9.17, 15) is 9.59 Å². The second-order valence-corrected chi connectivity index (χ2v) is 5.15. The van der Waals surface area contributed by atoms with Crippen LogP contribution in [0.15, 0.2) is 66.9 Å². The van der Waals surface area contributed by atoms with Gasteiger partial charge in [0, 0.05) is 5.39 Å². The van der Waals surface area contributed by atoms with Crippen LogP contribution in [0.5, 0.6) is 0 Å². The molecule has 1 aromatic heterocycles. The number of anilines is 1. The highest BCUT2D eigenvalue weighted by atomic mass is 16.2. The average Bonchev–Trinajstić information content (AvgIpc) is 2.55. The second-order valence-electron chi connectivity index (χ2n) is 5.15. The number of primary amides is 1. The molecule has 0 saturated heterocycles. The van der Waals surface area contributed by atoms with Crippen molar-refractivity contribution >= 4 is 28.4 Å². The van der Waals surface area contributed by atoms with Gasteiger partial charge in [-0.15, -0.1) is 0 Å². The van der Waals surface area contributed by atoms with Gasteiger partial charge in [0.2, 0.25) is 11.8 Å². The first-order valence-corrected chi connectivity index (χ1v) is 7.15. The third kappa shape index (κ3) is 3.18. The number of nitrogens with one attached hydrogen (secondary N) is 1. The molecule has 0 saturated carbocycles. The van der Waals surface area contributed by atoms with Crippen LogP contribution in [-0.2, 0) is 9.59 Å². The van der Waals surface area contributed by atoms with Gasteiger partial charge in [-0.3, -0.25) is 14.6 Å². The van der Waals surface area contributed by atoms with E-state index in [1.54, 1.807) is 30.5 Å². The lowest BCUT2D eigenvalue weighted by atomic mass is 9.97. The minimum Gasteiger partial charge on any atom is -0.369 e. The normalized spacial score (nSPS) is 11.8. The Labute approximate surface area is 133 Å². The highest BCUT2D eigenvalue weighted by Crippen LogP contribution is 2.20. The molecule has 5 nitrogen and oxygen atoms in total. The number of carbonyl (C=O) groups excluding carboxylic acids is 2. The average molecular weight is 305 g/mol. The van der Waals surface area contributed by atoms with Crippen LogP contribution in [0.2, 0.25) is 0 Å². The summed E-state index contributed by atoms with van der Waals surface area (Å²) in [7, 11) is 0. The fourth-order valence-corrected chi connectivity index (χ4v) is 2.44. The van der Waals surface area contributed by atoms with Crippen molar-refractivity contribution in [2.45, 2.75) is 5.92 Å². The van der Waals surface area contributed by atoms with Gasteiger partial charge in [0.1, 0.15) is 5.92 Å². The largest absolute Gasteiger partial charge is 0.369 e. The summed E-state index contributed by atoms with van der Waals surface area (Å²) in [4.78, 5) is 28.4. The number of fused-ring (bicyclic) bond motifs is 1. The zero-order valence-electron chi connectivity index (χ0n) is 12.3. The molecule has 1 heterocycles. The molecule has 23 heavy (non-hydrogen) atoms. The summed E-state index contributed by atoms with van der Waals surface area (Å²) in [6.07, 6.45) is 1.56. The summed E-state index contributed by atoms with van der Waals surface area (Å²) in [6.45, 7) is 0. The number of amides is 2. The van der Waals surface area contributed by atoms with Crippen LogP contribution in [0, 0.1) is 0 Å². The van der Waals surface area contributed by atoms with E-state index in [2.05, 4.69) is 10.3 Å². The Kier molecular flexibility index (Phi) is 4.01. The molecule has 0 aliphatic heterocycles. The number of carbonyl (C=O) groups is 2. The molecular formula is C18H15N3O2. The Bertz CT molecular complexity index is 862. The van der Waals surface area contributed by atoms with Crippen molar-refractivity contribution in [3.63, 3.8) is 0 Å². The lowest BCUT2D eigenvalue weighted by Gasteiger charge is -2.14. The molecule has 2 aromatic carbocycles. The third-order valence-corrected chi connectivity index (χ3v) is 3.54. The number of benzene rings is 2. The Morgan fingerprint density at radius 2 is 1.70 bits per heavy atom. The minimum atomic E-state index is -1.04. The molecule has 114 valence electrons. The molecule has 2 amide bonds. The first-order valence-electron chi connectivity index (χ1n) is 7.15. The highest BCUT2D eigenvalue weighted by molar-refractivity contribution is 6.10. The molecule has 0 spiro atoms. The number of nitrogens with zero attached hydrogens (tertiary/aromatic N) is 1. The summed E-state index contributed by atoms with van der Waals surface area (Å²) in [6, 6.07) is 18.1. The summed E-state index contributed by atoms with van der Waals surface area (Å²) in [5, 5.41) is 3.62. The SMILES string of the molecule is NC(=O)C(C(=O)Nc1cnc2ccccc2c1)c1ccccc1. The van der Waals surface area contributed by atoms with Crippen molar-refractivity contribution in [2.75, 3.05) is 5.32 Å². The molecule has 0 fully saturated rings. The smallest absolute Gasteiger partial charge is 0.241 e. The molecule has 0 radical (unpaired) electrons. The van der Waals surface area contributed by atoms with Crippen LogP contribution in [0.3, 0.4) is 0 Å². The van der Waals surface area contributed by atoms with Crippen LogP contribution in [0.25, 0.3) is 10.9 Å². The number of aromatic nitrogens is 1. The molecule has 3 aromatic rings. The van der Waals surface area contributed by atoms with E-state index in [-0.39, 0.29) is 0 Å². The van der Waals surface area contributed by atoms with Gasteiger partial charge in [0.05, 0.1) is 17.4 Å². The van der Waals surface area contributed by atoms with Crippen molar-refractivity contribution in [3.05, 3.63) is 72.4 Å². The topological polar surface area (TPSA) is 85.1 Å². The van der Waals surface area contributed by atoms with E-state index in [1.807, 2.05) is 36.4 Å². The minimum absolute atomic E-state index is 0.471. The van der Waals surface area contributed by atoms with Crippen LogP contribution < -0.4 is 11.1 Å². The third-order valence-electron chi connectivity index (χ3n) is 3.54. The maximum atomic E-state index is 12.5. The van der Waals surface area contributed by atoms with Crippen LogP contribution >= 0.6 is 0 Å². The number of rotatable bonds is 4. The molecule has 0 bridgehead atoms. The van der Waals surface area contributed by atoms with E-state index in [4.69, 9.17) is 5.73 Å². The Hall–Kier alpha value is -3.21. The van der Waals surface area contributed by atoms with Gasteiger partial charge >= 0.3 is 0 Å². The summed E-state index contributed by atoms with van der Waals surface area (Å²) < 4.78 is 0. The summed E-state index contributed by atoms with van der Waals surface area (Å²) in [5.74, 6) is -2.20. The Balaban J connectivity index is 1.87. The standard InChI is InChI=1S/C18H15N3O2/c19-17(22)16(12-6-2-1-3-7-12)18(23)21-14-10-13-8-4-5-9-15(13)20-11-14/h1-11,16H,(H2,19,22)(H,21,23). The number of nitrogens with two attached hydrogens (primary N) is 1. The van der Waals surface area contributed by atoms with Crippen LogP contribution in [-0.4, -0.2) is 16.8 Å². The highest BCUT2D eigenvalue weighted by Gasteiger charge is 2.26. The number of para-hydroxylation sites is 1. The molecule has 5 heteroatoms. The van der Waals surface area contributed by atoms with Gasteiger partial charge in [0.15, 0.2) is 0 Å². The van der Waals surface area contributed by atoms with Gasteiger partial charge in [-0.1, -0.05) is 48.5 Å². The quantitative estimate of drug-likeness (QED) is 0.726. The van der Waals surface area contributed by atoms with Gasteiger partial charge in [-0.2, -0.15) is 0 Å². The lowest BCUT2D eigenvalue weighted by molar-refractivity contribution is -0.127. The number of hydrogen-bond donors (Lipinski definition) is 2. The van der Waals surface area contributed by atoms with Crippen LogP contribution in [0.4, 0.5) is 5.69 Å². The van der Waals surface area contributed by atoms with E-state index < -0.39 is 17.7 Å². The molecule has 0 aliphatic carbocycles. The number of pyridine rings is 1. The maximum absolute atomic E-state index is 12.5. The zero-order chi connectivity index (χ0) is 16.2. The Morgan fingerprint density at radius 3 is 2.43 bits per heavy atom. The monoisotopic (exact) mass is 305 g/mol. The summed E-state index contributed by atoms with van der Waals surface area (Å²) >= 11 is 0. The molecule has 3 rings (SSSR count). The molecule has 0 aliphatic rings. The van der Waals surface area contributed by atoms with E-state index in [0.29, 0.717) is 11.3 Å². The molecular weight excluding hydrogens is 290 g/mol. The molecule has 1 unspecified atom stereocenters. The fraction of sp³-hybridized carbons (Fsp3) is 0.0556. The summed E-state index contributed by atoms with van der Waals surface area (Å²) in [5.41, 5.74) is 7.32. The zero-order valence-corrected chi connectivity index (χ0v) is 12.3. The van der Waals surface area contributed by atoms with E-state index in [0.717, 1.165) is 10.9 Å². The molecule has 3 N–H and O–H groups in total. The van der Waals surface area contributed by atoms with Gasteiger partial charge in [-0.05, 0) is 17.7 Å². The van der Waals surface area contributed by atoms with Crippen molar-refractivity contribution in [1.82, 2.24) is 4.98 Å². The van der Waals surface area contributed by atoms with E-state index in [1.165, 1.54) is 0 Å². The van der Waals surface area contributed by atoms with Crippen molar-refractivity contribution in [2.24, 2.45) is 5.73 Å². The van der Waals surface area contributed by atoms with Crippen molar-refractivity contribution in [1.29, 1.82) is 0 Å². The predicted octanol–water partition coefficient (Wildman–Crippen LogP) is 2.44. The van der Waals surface area contributed by atoms with E-state index >= 15 is 0 Å². The maximum Gasteiger partial charge on any atom is 0.241 e. The Morgan fingerprint density at radius 1 is 1.00 bits per heavy atom. The fourth-order valence-electron chi connectivity index (χ4n) is 2.44. The van der Waals surface area contributed by atoms with Gasteiger partial charge < -0.3 is 11.1 Å². The predicted molar refractivity (Wildman–Crippen MR) is 88.8 cm³/mol. The van der Waals surface area contributed by atoms with Crippen LogP contribution in [0.1, 0.15) is 11.5 Å². The second kappa shape index (κ2) is 6.27. The first kappa shape index (κ1) is 14.7. The van der Waals surface area contributed by atoms with Gasteiger partial charge in [0.25, 0.3) is 0 Å². The first-order chi connectivity index (χ1) is 11.1. The van der Waals surface area contributed by atoms with Crippen molar-refractivity contribution in [3.8, 4) is 0 Å². The lowest BCUT2D eigenvalue weighted by Crippen LogP contribution is -2.32. The molecule has 1 atom stereocenters. The number of hydrogen-bond acceptors (Lipinski definition) is 3. The van der Waals surface area contributed by atoms with Crippen molar-refractivity contribution < 1.29 is 9.59 Å². The van der Waals surface area contributed by atoms with Gasteiger partial charge in [-0.25, -0.2) is 0 Å².